The van der Waals surface area contributed by atoms with Crippen LogP contribution in [-0.4, -0.2) is 15.9 Å². The molecule has 1 aromatic heterocycles. The van der Waals surface area contributed by atoms with Crippen molar-refractivity contribution < 1.29 is 9.59 Å². The molecule has 1 heterocycles. The van der Waals surface area contributed by atoms with Crippen molar-refractivity contribution >= 4 is 22.7 Å². The van der Waals surface area contributed by atoms with Crippen LogP contribution in [0.5, 0.6) is 0 Å². The molecular formula is C25H33NO2S. The van der Waals surface area contributed by atoms with Gasteiger partial charge >= 0.3 is 0 Å². The number of rotatable bonds is 2. The van der Waals surface area contributed by atoms with Crippen molar-refractivity contribution in [1.82, 2.24) is 4.98 Å². The molecule has 0 amide bonds. The molecule has 0 bridgehead atoms. The number of pyridine rings is 1. The van der Waals surface area contributed by atoms with Crippen molar-refractivity contribution in [2.45, 2.75) is 76.7 Å². The summed E-state index contributed by atoms with van der Waals surface area (Å²) in [7, 11) is 0. The van der Waals surface area contributed by atoms with E-state index in [4.69, 9.17) is 0 Å². The van der Waals surface area contributed by atoms with Gasteiger partial charge in [0.15, 0.2) is 5.12 Å². The number of Topliss-reactive ketones (excluding diaryl/α,β-unsaturated/α-hetero) is 1. The Bertz CT molecular complexity index is 810. The maximum atomic E-state index is 13.2. The molecule has 4 fully saturated rings. The average Bonchev–Trinajstić information content (AvgIpc) is 3.06. The lowest BCUT2D eigenvalue weighted by Crippen LogP contribution is -2.53. The number of carbonyl (C=O) groups excluding carboxylic acids is 2. The molecule has 0 N–H and O–H groups in total. The Morgan fingerprint density at radius 1 is 1.03 bits per heavy atom. The van der Waals surface area contributed by atoms with Crippen LogP contribution >= 0.6 is 11.8 Å². The lowest BCUT2D eigenvalue weighted by Gasteiger charge is -2.60. The van der Waals surface area contributed by atoms with Gasteiger partial charge < -0.3 is 0 Å². The molecule has 29 heavy (non-hydrogen) atoms. The van der Waals surface area contributed by atoms with Crippen LogP contribution in [0.3, 0.4) is 0 Å². The normalized spacial score (nSPS) is 43.9. The third-order valence-electron chi connectivity index (χ3n) is 9.61. The van der Waals surface area contributed by atoms with Crippen LogP contribution in [0, 0.1) is 40.4 Å². The van der Waals surface area contributed by atoms with Crippen LogP contribution in [0.25, 0.3) is 0 Å². The van der Waals surface area contributed by atoms with E-state index in [-0.39, 0.29) is 11.3 Å². The van der Waals surface area contributed by atoms with Gasteiger partial charge in [-0.3, -0.25) is 9.59 Å². The van der Waals surface area contributed by atoms with Crippen LogP contribution in [0.4, 0.5) is 0 Å². The van der Waals surface area contributed by atoms with Crippen LogP contribution in [0.2, 0.25) is 0 Å². The SMILES string of the molecule is C[C@]12CC[C@H]3[C@@H](CCC4CC(=O)CC[C@@]43C)[C@@H]1CC[C@@H]2C(=O)Sc1ccccn1. The molecule has 156 valence electrons. The van der Waals surface area contributed by atoms with E-state index in [1.165, 1.54) is 43.9 Å². The first-order valence-corrected chi connectivity index (χ1v) is 12.4. The van der Waals surface area contributed by atoms with E-state index in [1.54, 1.807) is 6.20 Å². The molecule has 7 atom stereocenters. The van der Waals surface area contributed by atoms with E-state index in [2.05, 4.69) is 18.8 Å². The summed E-state index contributed by atoms with van der Waals surface area (Å²) in [5, 5.41) is 1.16. The number of nitrogens with zero attached hydrogens (tertiary/aromatic N) is 1. The Kier molecular flexibility index (Phi) is 4.92. The van der Waals surface area contributed by atoms with Gasteiger partial charge in [0.1, 0.15) is 10.8 Å². The first-order chi connectivity index (χ1) is 13.9. The van der Waals surface area contributed by atoms with Crippen molar-refractivity contribution in [3.05, 3.63) is 24.4 Å². The lowest BCUT2D eigenvalue weighted by molar-refractivity contribution is -0.141. The molecular weight excluding hydrogens is 378 g/mol. The van der Waals surface area contributed by atoms with Gasteiger partial charge in [-0.25, -0.2) is 4.98 Å². The van der Waals surface area contributed by atoms with E-state index in [1.807, 2.05) is 18.2 Å². The summed E-state index contributed by atoms with van der Waals surface area (Å²) in [5.41, 5.74) is 0.497. The number of hydrogen-bond acceptors (Lipinski definition) is 4. The van der Waals surface area contributed by atoms with E-state index < -0.39 is 0 Å². The summed E-state index contributed by atoms with van der Waals surface area (Å²) in [6.45, 7) is 4.92. The molecule has 4 aliphatic carbocycles. The Morgan fingerprint density at radius 2 is 1.86 bits per heavy atom. The predicted octanol–water partition coefficient (Wildman–Crippen LogP) is 5.93. The summed E-state index contributed by atoms with van der Waals surface area (Å²) in [6.07, 6.45) is 11.6. The van der Waals surface area contributed by atoms with Gasteiger partial charge in [-0.15, -0.1) is 0 Å². The fourth-order valence-corrected chi connectivity index (χ4v) is 9.01. The maximum absolute atomic E-state index is 13.2. The monoisotopic (exact) mass is 411 g/mol. The van der Waals surface area contributed by atoms with Gasteiger partial charge in [-0.2, -0.15) is 0 Å². The third-order valence-corrected chi connectivity index (χ3v) is 10.5. The second-order valence-electron chi connectivity index (χ2n) is 10.7. The fourth-order valence-electron chi connectivity index (χ4n) is 8.01. The van der Waals surface area contributed by atoms with Gasteiger partial charge in [-0.1, -0.05) is 19.9 Å². The summed E-state index contributed by atoms with van der Waals surface area (Å²) in [4.78, 5) is 29.7. The third kappa shape index (κ3) is 3.12. The Hall–Kier alpha value is -1.16. The van der Waals surface area contributed by atoms with Gasteiger partial charge in [0.05, 0.1) is 0 Å². The second kappa shape index (κ2) is 7.21. The fraction of sp³-hybridized carbons (Fsp3) is 0.720. The van der Waals surface area contributed by atoms with Gasteiger partial charge in [0.25, 0.3) is 0 Å². The zero-order valence-electron chi connectivity index (χ0n) is 17.7. The summed E-state index contributed by atoms with van der Waals surface area (Å²) in [6, 6.07) is 5.81. The van der Waals surface area contributed by atoms with Crippen LogP contribution in [0.1, 0.15) is 71.6 Å². The molecule has 4 saturated carbocycles. The first kappa shape index (κ1) is 19.8. The van der Waals surface area contributed by atoms with E-state index >= 15 is 0 Å². The highest BCUT2D eigenvalue weighted by Gasteiger charge is 2.61. The number of hydrogen-bond donors (Lipinski definition) is 0. The van der Waals surface area contributed by atoms with Gasteiger partial charge in [0.2, 0.25) is 0 Å². The standard InChI is InChI=1S/C25H33NO2S/c1-24-12-10-17(27)15-16(24)6-7-18-19-8-9-21(25(19,2)13-11-20(18)24)23(28)29-22-5-3-4-14-26-22/h3-5,14,16,18-21H,6-13,15H2,1-2H3/t16?,18-,19-,20-,21+,24-,25-/m0/s1. The van der Waals surface area contributed by atoms with Crippen LogP contribution in [0.15, 0.2) is 29.4 Å². The summed E-state index contributed by atoms with van der Waals surface area (Å²) < 4.78 is 0. The zero-order valence-corrected chi connectivity index (χ0v) is 18.5. The highest BCUT2D eigenvalue weighted by molar-refractivity contribution is 8.13. The second-order valence-corrected chi connectivity index (χ2v) is 11.7. The maximum Gasteiger partial charge on any atom is 0.198 e. The Balaban J connectivity index is 1.36. The molecule has 4 heteroatoms. The van der Waals surface area contributed by atoms with Crippen LogP contribution < -0.4 is 0 Å². The Labute approximate surface area is 178 Å². The molecule has 1 aromatic rings. The number of ketones is 1. The molecule has 5 rings (SSSR count). The molecule has 1 unspecified atom stereocenters. The summed E-state index contributed by atoms with van der Waals surface area (Å²) >= 11 is 1.35. The molecule has 0 spiro atoms. The van der Waals surface area contributed by atoms with Gasteiger partial charge in [-0.05, 0) is 103 Å². The predicted molar refractivity (Wildman–Crippen MR) is 115 cm³/mol. The minimum atomic E-state index is 0.147. The topological polar surface area (TPSA) is 47.0 Å². The Morgan fingerprint density at radius 3 is 2.66 bits per heavy atom. The van der Waals surface area contributed by atoms with Crippen molar-refractivity contribution in [1.29, 1.82) is 0 Å². The molecule has 3 nitrogen and oxygen atoms in total. The molecule has 0 aliphatic heterocycles. The number of fused-ring (bicyclic) bond motifs is 5. The quantitative estimate of drug-likeness (QED) is 0.566. The van der Waals surface area contributed by atoms with E-state index in [9.17, 15) is 9.59 Å². The van der Waals surface area contributed by atoms with Crippen molar-refractivity contribution in [3.8, 4) is 0 Å². The minimum Gasteiger partial charge on any atom is -0.300 e. The molecule has 0 radical (unpaired) electrons. The highest BCUT2D eigenvalue weighted by Crippen LogP contribution is 2.67. The molecule has 0 saturated heterocycles. The largest absolute Gasteiger partial charge is 0.300 e. The van der Waals surface area contributed by atoms with Crippen molar-refractivity contribution in [3.63, 3.8) is 0 Å². The van der Waals surface area contributed by atoms with Crippen molar-refractivity contribution in [2.75, 3.05) is 0 Å². The van der Waals surface area contributed by atoms with E-state index in [0.717, 1.165) is 42.5 Å². The van der Waals surface area contributed by atoms with Crippen molar-refractivity contribution in [2.24, 2.45) is 40.4 Å². The average molecular weight is 412 g/mol. The van der Waals surface area contributed by atoms with Gasteiger partial charge in [0, 0.05) is 25.0 Å². The number of aromatic nitrogens is 1. The van der Waals surface area contributed by atoms with Crippen LogP contribution in [-0.2, 0) is 9.59 Å². The number of thioether (sulfide) groups is 1. The molecule has 0 aromatic carbocycles. The number of carbonyl (C=O) groups is 2. The van der Waals surface area contributed by atoms with E-state index in [0.29, 0.717) is 28.1 Å². The lowest BCUT2D eigenvalue weighted by atomic mass is 9.45. The zero-order chi connectivity index (χ0) is 20.2. The first-order valence-electron chi connectivity index (χ1n) is 11.6. The molecule has 4 aliphatic rings. The highest BCUT2D eigenvalue weighted by atomic mass is 32.2. The summed E-state index contributed by atoms with van der Waals surface area (Å²) in [5.74, 6) is 3.44. The smallest absolute Gasteiger partial charge is 0.198 e. The minimum absolute atomic E-state index is 0.147.